The normalized spacial score (nSPS) is 11.5. The minimum absolute atomic E-state index is 0.00992. The van der Waals surface area contributed by atoms with Crippen molar-refractivity contribution in [1.82, 2.24) is 0 Å². The molecule has 0 saturated heterocycles. The Kier molecular flexibility index (Phi) is 2.72. The Morgan fingerprint density at radius 3 is 2.58 bits per heavy atom. The number of aliphatic hydroxyl groups is 1. The van der Waals surface area contributed by atoms with Crippen LogP contribution >= 0.6 is 10.7 Å². The fourth-order valence-electron chi connectivity index (χ4n) is 0.796. The van der Waals surface area contributed by atoms with Crippen LogP contribution in [0, 0.1) is 0 Å². The summed E-state index contributed by atoms with van der Waals surface area (Å²) in [5, 5.41) is 8.69. The van der Waals surface area contributed by atoms with Crippen LogP contribution < -0.4 is 0 Å². The highest BCUT2D eigenvalue weighted by Gasteiger charge is 2.09. The molecule has 0 aromatic heterocycles. The third-order valence-corrected chi connectivity index (χ3v) is 2.71. The molecule has 1 aromatic carbocycles. The first-order valence-corrected chi connectivity index (χ1v) is 5.49. The fraction of sp³-hybridized carbons (Fsp3) is 0.143. The van der Waals surface area contributed by atoms with Crippen LogP contribution in [0.25, 0.3) is 0 Å². The van der Waals surface area contributed by atoms with Gasteiger partial charge in [-0.05, 0) is 17.7 Å². The highest BCUT2D eigenvalue weighted by molar-refractivity contribution is 8.13. The van der Waals surface area contributed by atoms with Gasteiger partial charge in [0.15, 0.2) is 0 Å². The molecule has 0 atom stereocenters. The van der Waals surface area contributed by atoms with Gasteiger partial charge >= 0.3 is 0 Å². The van der Waals surface area contributed by atoms with E-state index in [4.69, 9.17) is 15.8 Å². The van der Waals surface area contributed by atoms with Crippen molar-refractivity contribution in [2.75, 3.05) is 0 Å². The topological polar surface area (TPSA) is 54.4 Å². The van der Waals surface area contributed by atoms with E-state index in [2.05, 4.69) is 0 Å². The van der Waals surface area contributed by atoms with Crippen LogP contribution in [0.4, 0.5) is 0 Å². The molecular weight excluding hydrogens is 200 g/mol. The summed E-state index contributed by atoms with van der Waals surface area (Å²) < 4.78 is 21.6. The summed E-state index contributed by atoms with van der Waals surface area (Å²) in [6, 6.07) is 5.86. The molecule has 1 aromatic rings. The Bertz CT molecular complexity index is 372. The monoisotopic (exact) mass is 206 g/mol. The van der Waals surface area contributed by atoms with Gasteiger partial charge in [0.1, 0.15) is 0 Å². The molecule has 0 spiro atoms. The molecule has 0 aliphatic heterocycles. The average molecular weight is 207 g/mol. The lowest BCUT2D eigenvalue weighted by Gasteiger charge is -1.98. The van der Waals surface area contributed by atoms with Crippen molar-refractivity contribution in [2.45, 2.75) is 11.5 Å². The van der Waals surface area contributed by atoms with E-state index in [9.17, 15) is 8.42 Å². The van der Waals surface area contributed by atoms with Gasteiger partial charge in [-0.2, -0.15) is 0 Å². The van der Waals surface area contributed by atoms with Crippen LogP contribution in [0.5, 0.6) is 0 Å². The molecule has 0 fully saturated rings. The highest BCUT2D eigenvalue weighted by atomic mass is 35.7. The Hall–Kier alpha value is -0.580. The maximum atomic E-state index is 10.8. The van der Waals surface area contributed by atoms with Crippen LogP contribution in [-0.4, -0.2) is 13.5 Å². The van der Waals surface area contributed by atoms with Crippen LogP contribution in [0.3, 0.4) is 0 Å². The van der Waals surface area contributed by atoms with E-state index < -0.39 is 9.05 Å². The summed E-state index contributed by atoms with van der Waals surface area (Å²) in [5.41, 5.74) is 0.525. The molecule has 0 heterocycles. The molecule has 0 aliphatic rings. The smallest absolute Gasteiger partial charge is 0.261 e. The fourth-order valence-corrected chi connectivity index (χ4v) is 1.62. The lowest BCUT2D eigenvalue weighted by Crippen LogP contribution is -1.92. The van der Waals surface area contributed by atoms with Gasteiger partial charge < -0.3 is 5.11 Å². The van der Waals surface area contributed by atoms with Crippen molar-refractivity contribution in [1.29, 1.82) is 0 Å². The SMILES string of the molecule is O=S(=O)(Cl)c1cccc(CO)c1. The van der Waals surface area contributed by atoms with E-state index in [0.29, 0.717) is 5.56 Å². The van der Waals surface area contributed by atoms with Crippen molar-refractivity contribution in [3.05, 3.63) is 29.8 Å². The Balaban J connectivity index is 3.20. The summed E-state index contributed by atoms with van der Waals surface area (Å²) in [6.07, 6.45) is 0. The zero-order valence-corrected chi connectivity index (χ0v) is 7.64. The summed E-state index contributed by atoms with van der Waals surface area (Å²) >= 11 is 0. The van der Waals surface area contributed by atoms with Gasteiger partial charge in [0.05, 0.1) is 11.5 Å². The minimum atomic E-state index is -3.67. The first-order valence-electron chi connectivity index (χ1n) is 3.18. The predicted octanol–water partition coefficient (Wildman–Crippen LogP) is 1.11. The van der Waals surface area contributed by atoms with Crippen LogP contribution in [0.15, 0.2) is 29.2 Å². The molecule has 0 radical (unpaired) electrons. The first-order chi connectivity index (χ1) is 5.54. The Morgan fingerprint density at radius 1 is 1.42 bits per heavy atom. The number of aliphatic hydroxyl groups excluding tert-OH is 1. The lowest BCUT2D eigenvalue weighted by molar-refractivity contribution is 0.281. The van der Waals surface area contributed by atoms with Gasteiger partial charge in [0, 0.05) is 10.7 Å². The molecule has 0 bridgehead atoms. The van der Waals surface area contributed by atoms with Crippen molar-refractivity contribution < 1.29 is 13.5 Å². The van der Waals surface area contributed by atoms with E-state index in [1.165, 1.54) is 18.2 Å². The molecule has 0 amide bonds. The van der Waals surface area contributed by atoms with Crippen LogP contribution in [-0.2, 0) is 15.7 Å². The van der Waals surface area contributed by atoms with E-state index >= 15 is 0 Å². The quantitative estimate of drug-likeness (QED) is 0.738. The molecule has 3 nitrogen and oxygen atoms in total. The van der Waals surface area contributed by atoms with Crippen LogP contribution in [0.1, 0.15) is 5.56 Å². The van der Waals surface area contributed by atoms with Gasteiger partial charge in [-0.25, -0.2) is 8.42 Å². The second-order valence-electron chi connectivity index (χ2n) is 2.24. The van der Waals surface area contributed by atoms with Gasteiger partial charge in [0.25, 0.3) is 9.05 Å². The molecule has 66 valence electrons. The van der Waals surface area contributed by atoms with Gasteiger partial charge in [-0.15, -0.1) is 0 Å². The second-order valence-corrected chi connectivity index (χ2v) is 4.81. The summed E-state index contributed by atoms with van der Waals surface area (Å²) in [4.78, 5) is 0.00992. The Labute approximate surface area is 75.0 Å². The maximum Gasteiger partial charge on any atom is 0.261 e. The number of rotatable bonds is 2. The highest BCUT2D eigenvalue weighted by Crippen LogP contribution is 2.15. The third-order valence-electron chi connectivity index (χ3n) is 1.36. The molecule has 12 heavy (non-hydrogen) atoms. The number of hydrogen-bond acceptors (Lipinski definition) is 3. The number of halogens is 1. The molecule has 0 saturated carbocycles. The zero-order chi connectivity index (χ0) is 9.19. The molecule has 1 N–H and O–H groups in total. The molecule has 5 heteroatoms. The van der Waals surface area contributed by atoms with Crippen molar-refractivity contribution in [3.63, 3.8) is 0 Å². The molecule has 0 unspecified atom stereocenters. The van der Waals surface area contributed by atoms with Crippen molar-refractivity contribution in [2.24, 2.45) is 0 Å². The van der Waals surface area contributed by atoms with Gasteiger partial charge in [-0.1, -0.05) is 12.1 Å². The summed E-state index contributed by atoms with van der Waals surface area (Å²) in [6.45, 7) is -0.194. The molecule has 0 aliphatic carbocycles. The van der Waals surface area contributed by atoms with Crippen molar-refractivity contribution in [3.8, 4) is 0 Å². The molecular formula is C7H7ClO3S. The maximum absolute atomic E-state index is 10.8. The van der Waals surface area contributed by atoms with E-state index in [1.807, 2.05) is 0 Å². The standard InChI is InChI=1S/C7H7ClO3S/c8-12(10,11)7-3-1-2-6(4-7)5-9/h1-4,9H,5H2. The lowest BCUT2D eigenvalue weighted by atomic mass is 10.2. The van der Waals surface area contributed by atoms with Crippen molar-refractivity contribution >= 4 is 19.7 Å². The number of hydrogen-bond donors (Lipinski definition) is 1. The van der Waals surface area contributed by atoms with Gasteiger partial charge in [-0.3, -0.25) is 0 Å². The minimum Gasteiger partial charge on any atom is -0.392 e. The van der Waals surface area contributed by atoms with Crippen LogP contribution in [0.2, 0.25) is 0 Å². The first kappa shape index (κ1) is 9.51. The second kappa shape index (κ2) is 3.43. The predicted molar refractivity (Wildman–Crippen MR) is 45.4 cm³/mol. The van der Waals surface area contributed by atoms with E-state index in [-0.39, 0.29) is 11.5 Å². The third kappa shape index (κ3) is 2.20. The molecule has 1 rings (SSSR count). The average Bonchev–Trinajstić information content (AvgIpc) is 2.03. The summed E-state index contributed by atoms with van der Waals surface area (Å²) in [5.74, 6) is 0. The van der Waals surface area contributed by atoms with E-state index in [0.717, 1.165) is 0 Å². The van der Waals surface area contributed by atoms with E-state index in [1.54, 1.807) is 6.07 Å². The largest absolute Gasteiger partial charge is 0.392 e. The van der Waals surface area contributed by atoms with Gasteiger partial charge in [0.2, 0.25) is 0 Å². The summed E-state index contributed by atoms with van der Waals surface area (Å²) in [7, 11) is 1.40. The Morgan fingerprint density at radius 2 is 2.08 bits per heavy atom. The zero-order valence-electron chi connectivity index (χ0n) is 6.07. The number of benzene rings is 1.